The van der Waals surface area contributed by atoms with Gasteiger partial charge in [-0.2, -0.15) is 0 Å². The number of aryl methyl sites for hydroxylation is 1. The van der Waals surface area contributed by atoms with Crippen LogP contribution >= 0.6 is 11.8 Å². The van der Waals surface area contributed by atoms with Gasteiger partial charge in [0.1, 0.15) is 11.6 Å². The number of aromatic amines is 1. The van der Waals surface area contributed by atoms with Crippen molar-refractivity contribution in [2.75, 3.05) is 6.54 Å². The van der Waals surface area contributed by atoms with Crippen molar-refractivity contribution in [3.63, 3.8) is 0 Å². The molecule has 0 spiro atoms. The number of hydrogen-bond donors (Lipinski definition) is 2. The number of benzene rings is 2. The molecule has 0 aliphatic carbocycles. The van der Waals surface area contributed by atoms with Crippen LogP contribution in [0.4, 0.5) is 0 Å². The van der Waals surface area contributed by atoms with Crippen molar-refractivity contribution in [3.8, 4) is 0 Å². The molecule has 2 N–H and O–H groups in total. The van der Waals surface area contributed by atoms with E-state index in [1.165, 1.54) is 0 Å². The van der Waals surface area contributed by atoms with Gasteiger partial charge in [0, 0.05) is 23.9 Å². The Hall–Kier alpha value is -3.06. The average molecular weight is 392 g/mol. The lowest BCUT2D eigenvalue weighted by molar-refractivity contribution is 0.0951. The van der Waals surface area contributed by atoms with Gasteiger partial charge in [-0.15, -0.1) is 11.8 Å². The van der Waals surface area contributed by atoms with E-state index in [0.29, 0.717) is 24.3 Å². The van der Waals surface area contributed by atoms with E-state index in [-0.39, 0.29) is 5.91 Å². The molecule has 0 unspecified atom stereocenters. The summed E-state index contributed by atoms with van der Waals surface area (Å²) in [5, 5.41) is 6.88. The zero-order valence-electron chi connectivity index (χ0n) is 15.4. The first-order valence-electron chi connectivity index (χ1n) is 9.05. The molecule has 2 aromatic heterocycles. The Morgan fingerprint density at radius 1 is 1.18 bits per heavy atom. The first-order chi connectivity index (χ1) is 13.7. The Morgan fingerprint density at radius 3 is 2.82 bits per heavy atom. The summed E-state index contributed by atoms with van der Waals surface area (Å²) >= 11 is 1.56. The molecule has 0 aliphatic rings. The number of aromatic nitrogens is 3. The zero-order chi connectivity index (χ0) is 19.3. The van der Waals surface area contributed by atoms with E-state index in [4.69, 9.17) is 4.52 Å². The van der Waals surface area contributed by atoms with Gasteiger partial charge in [0.15, 0.2) is 0 Å². The topological polar surface area (TPSA) is 83.8 Å². The summed E-state index contributed by atoms with van der Waals surface area (Å²) in [5.74, 6) is 2.20. The molecule has 0 saturated carbocycles. The number of carbonyl (C=O) groups excluding carboxylic acids is 1. The van der Waals surface area contributed by atoms with Crippen molar-refractivity contribution in [2.24, 2.45) is 0 Å². The van der Waals surface area contributed by atoms with Crippen molar-refractivity contribution in [2.45, 2.75) is 24.0 Å². The third kappa shape index (κ3) is 4.26. The van der Waals surface area contributed by atoms with Gasteiger partial charge >= 0.3 is 0 Å². The fourth-order valence-corrected chi connectivity index (χ4v) is 3.85. The smallest absolute Gasteiger partial charge is 0.252 e. The van der Waals surface area contributed by atoms with E-state index in [0.717, 1.165) is 33.2 Å². The molecule has 6 nitrogen and oxygen atoms in total. The number of rotatable bonds is 7. The third-order valence-corrected chi connectivity index (χ3v) is 5.36. The van der Waals surface area contributed by atoms with Crippen LogP contribution in [-0.2, 0) is 12.2 Å². The Morgan fingerprint density at radius 2 is 2.00 bits per heavy atom. The van der Waals surface area contributed by atoms with Crippen molar-refractivity contribution >= 4 is 28.7 Å². The fraction of sp³-hybridized carbons (Fsp3) is 0.190. The zero-order valence-corrected chi connectivity index (χ0v) is 16.3. The largest absolute Gasteiger partial charge is 0.360 e. The predicted molar refractivity (Wildman–Crippen MR) is 109 cm³/mol. The van der Waals surface area contributed by atoms with Crippen LogP contribution in [0.2, 0.25) is 0 Å². The van der Waals surface area contributed by atoms with Crippen molar-refractivity contribution in [1.29, 1.82) is 0 Å². The highest BCUT2D eigenvalue weighted by atomic mass is 32.2. The molecule has 0 aliphatic heterocycles. The van der Waals surface area contributed by atoms with Crippen LogP contribution in [0.25, 0.3) is 11.0 Å². The maximum absolute atomic E-state index is 12.7. The van der Waals surface area contributed by atoms with Gasteiger partial charge in [0.2, 0.25) is 0 Å². The molecule has 7 heteroatoms. The molecule has 4 aromatic rings. The number of amides is 1. The first kappa shape index (κ1) is 18.3. The lowest BCUT2D eigenvalue weighted by Crippen LogP contribution is -2.26. The second-order valence-corrected chi connectivity index (χ2v) is 7.44. The summed E-state index contributed by atoms with van der Waals surface area (Å²) in [5.41, 5.74) is 3.46. The number of imidazole rings is 1. The number of H-pyrrole nitrogens is 1. The molecule has 28 heavy (non-hydrogen) atoms. The van der Waals surface area contributed by atoms with Gasteiger partial charge in [0.25, 0.3) is 5.91 Å². The average Bonchev–Trinajstić information content (AvgIpc) is 3.32. The molecule has 4 rings (SSSR count). The minimum absolute atomic E-state index is 0.0899. The van der Waals surface area contributed by atoms with Crippen LogP contribution < -0.4 is 5.32 Å². The van der Waals surface area contributed by atoms with Gasteiger partial charge in [-0.3, -0.25) is 4.79 Å². The standard InChI is InChI=1S/C21H20N4O2S/c1-14-12-15(27-25-14)13-28-19-9-5-2-6-16(19)21(26)22-11-10-20-23-17-7-3-4-8-18(17)24-20/h2-9,12H,10-11,13H2,1H3,(H,22,26)(H,23,24). The predicted octanol–water partition coefficient (Wildman–Crippen LogP) is 4.12. The van der Waals surface area contributed by atoms with E-state index in [1.807, 2.05) is 61.5 Å². The van der Waals surface area contributed by atoms with Gasteiger partial charge in [0.05, 0.1) is 28.0 Å². The van der Waals surface area contributed by atoms with Crippen LogP contribution in [0, 0.1) is 6.92 Å². The van der Waals surface area contributed by atoms with Gasteiger partial charge in [-0.25, -0.2) is 4.98 Å². The van der Waals surface area contributed by atoms with E-state index in [2.05, 4.69) is 20.4 Å². The molecule has 1 amide bonds. The minimum atomic E-state index is -0.0899. The van der Waals surface area contributed by atoms with Crippen LogP contribution in [0.5, 0.6) is 0 Å². The van der Waals surface area contributed by atoms with Gasteiger partial charge in [-0.1, -0.05) is 29.4 Å². The van der Waals surface area contributed by atoms with Crippen LogP contribution in [0.1, 0.15) is 27.6 Å². The number of nitrogens with one attached hydrogen (secondary N) is 2. The summed E-state index contributed by atoms with van der Waals surface area (Å²) in [6, 6.07) is 17.4. The molecule has 2 aromatic carbocycles. The molecular weight excluding hydrogens is 372 g/mol. The molecule has 0 atom stereocenters. The molecule has 0 bridgehead atoms. The lowest BCUT2D eigenvalue weighted by atomic mass is 10.2. The molecule has 0 fully saturated rings. The fourth-order valence-electron chi connectivity index (χ4n) is 2.93. The van der Waals surface area contributed by atoms with Crippen LogP contribution in [0.15, 0.2) is 64.0 Å². The second kappa shape index (κ2) is 8.31. The Kier molecular flexibility index (Phi) is 5.43. The molecular formula is C21H20N4O2S. The summed E-state index contributed by atoms with van der Waals surface area (Å²) in [4.78, 5) is 21.4. The molecule has 0 radical (unpaired) electrons. The van der Waals surface area contributed by atoms with Gasteiger partial charge in [-0.05, 0) is 31.2 Å². The second-order valence-electron chi connectivity index (χ2n) is 6.43. The summed E-state index contributed by atoms with van der Waals surface area (Å²) < 4.78 is 5.24. The van der Waals surface area contributed by atoms with Crippen molar-refractivity contribution in [1.82, 2.24) is 20.4 Å². The van der Waals surface area contributed by atoms with Crippen LogP contribution in [-0.4, -0.2) is 27.6 Å². The molecule has 142 valence electrons. The number of thioether (sulfide) groups is 1. The van der Waals surface area contributed by atoms with Gasteiger partial charge < -0.3 is 14.8 Å². The Labute approximate surface area is 166 Å². The summed E-state index contributed by atoms with van der Waals surface area (Å²) in [7, 11) is 0. The Bertz CT molecular complexity index is 1070. The summed E-state index contributed by atoms with van der Waals surface area (Å²) in [6.45, 7) is 2.40. The number of nitrogens with zero attached hydrogens (tertiary/aromatic N) is 2. The van der Waals surface area contributed by atoms with Crippen molar-refractivity contribution < 1.29 is 9.32 Å². The quantitative estimate of drug-likeness (QED) is 0.462. The highest BCUT2D eigenvalue weighted by molar-refractivity contribution is 7.98. The number of para-hydroxylation sites is 2. The third-order valence-electron chi connectivity index (χ3n) is 4.26. The number of carbonyl (C=O) groups is 1. The lowest BCUT2D eigenvalue weighted by Gasteiger charge is -2.09. The first-order valence-corrected chi connectivity index (χ1v) is 10.0. The number of fused-ring (bicyclic) bond motifs is 1. The minimum Gasteiger partial charge on any atom is -0.360 e. The SMILES string of the molecule is Cc1cc(CSc2ccccc2C(=O)NCCc2nc3ccccc3[nH]2)on1. The Balaban J connectivity index is 1.36. The maximum atomic E-state index is 12.7. The van der Waals surface area contributed by atoms with E-state index >= 15 is 0 Å². The molecule has 2 heterocycles. The monoisotopic (exact) mass is 392 g/mol. The normalized spacial score (nSPS) is 11.0. The van der Waals surface area contributed by atoms with E-state index < -0.39 is 0 Å². The van der Waals surface area contributed by atoms with Crippen LogP contribution in [0.3, 0.4) is 0 Å². The van der Waals surface area contributed by atoms with Crippen molar-refractivity contribution in [3.05, 3.63) is 77.4 Å². The van der Waals surface area contributed by atoms with E-state index in [1.54, 1.807) is 11.8 Å². The maximum Gasteiger partial charge on any atom is 0.252 e. The highest BCUT2D eigenvalue weighted by Crippen LogP contribution is 2.26. The number of hydrogen-bond acceptors (Lipinski definition) is 5. The van der Waals surface area contributed by atoms with E-state index in [9.17, 15) is 4.79 Å². The highest BCUT2D eigenvalue weighted by Gasteiger charge is 2.12. The molecule has 0 saturated heterocycles. The summed E-state index contributed by atoms with van der Waals surface area (Å²) in [6.07, 6.45) is 0.646.